The van der Waals surface area contributed by atoms with Crippen LogP contribution in [0.1, 0.15) is 42.5 Å². The van der Waals surface area contributed by atoms with Gasteiger partial charge in [0.1, 0.15) is 11.4 Å². The first kappa shape index (κ1) is 15.3. The number of ether oxygens (including phenoxy) is 1. The standard InChI is InChI=1S/C17H25N3O2/c1-22-17(21)15-6-5-9-18-16(15)20-12-7-14(8-13-20)19-10-3-2-4-11-19/h5-6,9,14H,2-4,7-8,10-13H2,1H3. The van der Waals surface area contributed by atoms with Gasteiger partial charge in [-0.05, 0) is 50.9 Å². The number of methoxy groups -OCH3 is 1. The number of piperidine rings is 2. The molecule has 0 amide bonds. The molecule has 2 fully saturated rings. The van der Waals surface area contributed by atoms with Crippen molar-refractivity contribution in [2.24, 2.45) is 0 Å². The van der Waals surface area contributed by atoms with Crippen LogP contribution in [0.2, 0.25) is 0 Å². The zero-order chi connectivity index (χ0) is 15.4. The van der Waals surface area contributed by atoms with Crippen molar-refractivity contribution in [3.8, 4) is 0 Å². The van der Waals surface area contributed by atoms with Gasteiger partial charge in [0.15, 0.2) is 0 Å². The highest BCUT2D eigenvalue weighted by Crippen LogP contribution is 2.25. The van der Waals surface area contributed by atoms with Crippen LogP contribution in [0, 0.1) is 0 Å². The number of nitrogens with zero attached hydrogens (tertiary/aromatic N) is 3. The predicted octanol–water partition coefficient (Wildman–Crippen LogP) is 2.32. The number of anilines is 1. The van der Waals surface area contributed by atoms with Crippen LogP contribution >= 0.6 is 0 Å². The molecule has 2 saturated heterocycles. The van der Waals surface area contributed by atoms with Gasteiger partial charge in [-0.1, -0.05) is 6.42 Å². The highest BCUT2D eigenvalue weighted by Gasteiger charge is 2.27. The zero-order valence-electron chi connectivity index (χ0n) is 13.3. The third kappa shape index (κ3) is 3.24. The molecular formula is C17H25N3O2. The summed E-state index contributed by atoms with van der Waals surface area (Å²) in [6.45, 7) is 4.42. The first-order valence-corrected chi connectivity index (χ1v) is 8.32. The maximum absolute atomic E-state index is 11.9. The first-order chi connectivity index (χ1) is 10.8. The molecule has 3 rings (SSSR count). The van der Waals surface area contributed by atoms with E-state index in [0.29, 0.717) is 11.6 Å². The van der Waals surface area contributed by atoms with Gasteiger partial charge in [0, 0.05) is 25.3 Å². The second kappa shape index (κ2) is 7.09. The fourth-order valence-electron chi connectivity index (χ4n) is 3.64. The zero-order valence-corrected chi connectivity index (χ0v) is 13.3. The minimum Gasteiger partial charge on any atom is -0.465 e. The molecule has 0 aliphatic carbocycles. The van der Waals surface area contributed by atoms with Crippen molar-refractivity contribution in [2.75, 3.05) is 38.2 Å². The van der Waals surface area contributed by atoms with Crippen LogP contribution in [-0.2, 0) is 4.74 Å². The Bertz CT molecular complexity index is 506. The number of carbonyl (C=O) groups is 1. The Kier molecular flexibility index (Phi) is 4.93. The maximum Gasteiger partial charge on any atom is 0.341 e. The second-order valence-corrected chi connectivity index (χ2v) is 6.18. The van der Waals surface area contributed by atoms with Gasteiger partial charge in [-0.15, -0.1) is 0 Å². The molecule has 0 atom stereocenters. The molecule has 1 aromatic rings. The molecule has 5 heteroatoms. The SMILES string of the molecule is COC(=O)c1cccnc1N1CCC(N2CCCCC2)CC1. The molecule has 1 aromatic heterocycles. The summed E-state index contributed by atoms with van der Waals surface area (Å²) >= 11 is 0. The molecule has 0 aromatic carbocycles. The van der Waals surface area contributed by atoms with Gasteiger partial charge < -0.3 is 14.5 Å². The second-order valence-electron chi connectivity index (χ2n) is 6.18. The van der Waals surface area contributed by atoms with Crippen LogP contribution in [0.4, 0.5) is 5.82 Å². The molecule has 5 nitrogen and oxygen atoms in total. The number of esters is 1. The highest BCUT2D eigenvalue weighted by molar-refractivity contribution is 5.94. The van der Waals surface area contributed by atoms with Crippen LogP contribution in [0.5, 0.6) is 0 Å². The van der Waals surface area contributed by atoms with Crippen LogP contribution < -0.4 is 4.90 Å². The molecule has 2 aliphatic heterocycles. The van der Waals surface area contributed by atoms with Crippen LogP contribution in [0.3, 0.4) is 0 Å². The normalized spacial score (nSPS) is 20.9. The smallest absolute Gasteiger partial charge is 0.341 e. The lowest BCUT2D eigenvalue weighted by molar-refractivity contribution is 0.0600. The predicted molar refractivity (Wildman–Crippen MR) is 86.2 cm³/mol. The van der Waals surface area contributed by atoms with Gasteiger partial charge in [-0.3, -0.25) is 0 Å². The van der Waals surface area contributed by atoms with Crippen molar-refractivity contribution in [3.05, 3.63) is 23.9 Å². The number of pyridine rings is 1. The Labute approximate surface area is 132 Å². The van der Waals surface area contributed by atoms with E-state index < -0.39 is 0 Å². The van der Waals surface area contributed by atoms with Crippen molar-refractivity contribution < 1.29 is 9.53 Å². The lowest BCUT2D eigenvalue weighted by Crippen LogP contribution is -2.47. The summed E-state index contributed by atoms with van der Waals surface area (Å²) < 4.78 is 4.87. The Hall–Kier alpha value is -1.62. The molecule has 120 valence electrons. The van der Waals surface area contributed by atoms with E-state index in [1.807, 2.05) is 0 Å². The summed E-state index contributed by atoms with van der Waals surface area (Å²) in [6.07, 6.45) is 8.11. The molecule has 0 bridgehead atoms. The van der Waals surface area contributed by atoms with Gasteiger partial charge >= 0.3 is 5.97 Å². The average Bonchev–Trinajstić information content (AvgIpc) is 2.62. The first-order valence-electron chi connectivity index (χ1n) is 8.32. The van der Waals surface area contributed by atoms with Crippen molar-refractivity contribution in [2.45, 2.75) is 38.1 Å². The fraction of sp³-hybridized carbons (Fsp3) is 0.647. The number of carbonyl (C=O) groups excluding carboxylic acids is 1. The van der Waals surface area contributed by atoms with E-state index in [9.17, 15) is 4.79 Å². The van der Waals surface area contributed by atoms with Crippen molar-refractivity contribution in [1.29, 1.82) is 0 Å². The van der Waals surface area contributed by atoms with Crippen LogP contribution in [0.25, 0.3) is 0 Å². The molecule has 0 radical (unpaired) electrons. The monoisotopic (exact) mass is 303 g/mol. The highest BCUT2D eigenvalue weighted by atomic mass is 16.5. The van der Waals surface area contributed by atoms with Gasteiger partial charge in [0.25, 0.3) is 0 Å². The summed E-state index contributed by atoms with van der Waals surface area (Å²) in [5.74, 6) is 0.465. The lowest BCUT2D eigenvalue weighted by atomic mass is 9.99. The van der Waals surface area contributed by atoms with E-state index in [1.165, 1.54) is 39.5 Å². The maximum atomic E-state index is 11.9. The van der Waals surface area contributed by atoms with Gasteiger partial charge in [0.05, 0.1) is 7.11 Å². The molecule has 3 heterocycles. The van der Waals surface area contributed by atoms with Crippen molar-refractivity contribution >= 4 is 11.8 Å². The number of hydrogen-bond acceptors (Lipinski definition) is 5. The van der Waals surface area contributed by atoms with Crippen molar-refractivity contribution in [3.63, 3.8) is 0 Å². The number of likely N-dealkylation sites (tertiary alicyclic amines) is 1. The molecule has 2 aliphatic rings. The fourth-order valence-corrected chi connectivity index (χ4v) is 3.64. The minimum absolute atomic E-state index is 0.304. The van der Waals surface area contributed by atoms with E-state index in [0.717, 1.165) is 31.7 Å². The van der Waals surface area contributed by atoms with Crippen molar-refractivity contribution in [1.82, 2.24) is 9.88 Å². The van der Waals surface area contributed by atoms with E-state index >= 15 is 0 Å². The third-order valence-electron chi connectivity index (χ3n) is 4.86. The van der Waals surface area contributed by atoms with Gasteiger partial charge in [0.2, 0.25) is 0 Å². The molecular weight excluding hydrogens is 278 g/mol. The quantitative estimate of drug-likeness (QED) is 0.802. The lowest BCUT2D eigenvalue weighted by Gasteiger charge is -2.40. The average molecular weight is 303 g/mol. The summed E-state index contributed by atoms with van der Waals surface area (Å²) in [4.78, 5) is 21.2. The number of aromatic nitrogens is 1. The minimum atomic E-state index is -0.304. The van der Waals surface area contributed by atoms with Gasteiger partial charge in [-0.2, -0.15) is 0 Å². The summed E-state index contributed by atoms with van der Waals surface area (Å²) in [6, 6.07) is 4.28. The van der Waals surface area contributed by atoms with E-state index in [2.05, 4.69) is 14.8 Å². The van der Waals surface area contributed by atoms with E-state index in [4.69, 9.17) is 4.74 Å². The van der Waals surface area contributed by atoms with Gasteiger partial charge in [-0.25, -0.2) is 9.78 Å². The van der Waals surface area contributed by atoms with E-state index in [1.54, 1.807) is 18.3 Å². The summed E-state index contributed by atoms with van der Waals surface area (Å²) in [5.41, 5.74) is 0.571. The Morgan fingerprint density at radius 1 is 1.18 bits per heavy atom. The van der Waals surface area contributed by atoms with Crippen LogP contribution in [0.15, 0.2) is 18.3 Å². The van der Waals surface area contributed by atoms with Crippen LogP contribution in [-0.4, -0.2) is 55.2 Å². The Balaban J connectivity index is 1.65. The summed E-state index contributed by atoms with van der Waals surface area (Å²) in [5, 5.41) is 0. The number of hydrogen-bond donors (Lipinski definition) is 0. The molecule has 0 unspecified atom stereocenters. The molecule has 22 heavy (non-hydrogen) atoms. The van der Waals surface area contributed by atoms with E-state index in [-0.39, 0.29) is 5.97 Å². The summed E-state index contributed by atoms with van der Waals surface area (Å²) in [7, 11) is 1.42. The Morgan fingerprint density at radius 3 is 2.59 bits per heavy atom. The topological polar surface area (TPSA) is 45.7 Å². The molecule has 0 spiro atoms. The molecule has 0 saturated carbocycles. The number of rotatable bonds is 3. The third-order valence-corrected chi connectivity index (χ3v) is 4.86. The molecule has 0 N–H and O–H groups in total. The largest absolute Gasteiger partial charge is 0.465 e. The Morgan fingerprint density at radius 2 is 1.91 bits per heavy atom.